The molecule has 1 aromatic heterocycles. The average molecular weight is 282 g/mol. The first kappa shape index (κ1) is 14.3. The number of fused-ring (bicyclic) bond motifs is 1. The maximum Gasteiger partial charge on any atom is 0.271 e. The van der Waals surface area contributed by atoms with Crippen molar-refractivity contribution in [3.05, 3.63) is 58.8 Å². The van der Waals surface area contributed by atoms with Crippen LogP contribution < -0.4 is 5.32 Å². The molecule has 21 heavy (non-hydrogen) atoms. The maximum absolute atomic E-state index is 10.9. The number of nitrogens with zero attached hydrogens (tertiary/aromatic N) is 3. The van der Waals surface area contributed by atoms with Crippen LogP contribution in [0.1, 0.15) is 12.5 Å². The molecular formula is C15H14N4O2. The highest BCUT2D eigenvalue weighted by Crippen LogP contribution is 2.32. The van der Waals surface area contributed by atoms with E-state index in [4.69, 9.17) is 0 Å². The molecule has 2 aromatic rings. The van der Waals surface area contributed by atoms with Gasteiger partial charge >= 0.3 is 0 Å². The van der Waals surface area contributed by atoms with Crippen LogP contribution in [0.3, 0.4) is 0 Å². The van der Waals surface area contributed by atoms with Crippen LogP contribution in [0.25, 0.3) is 10.9 Å². The average Bonchev–Trinajstić information content (AvgIpc) is 2.79. The number of nitrogens with one attached hydrogen (secondary N) is 1. The molecule has 0 amide bonds. The molecule has 2 rings (SSSR count). The number of non-ortho nitro benzene ring substituents is 1. The van der Waals surface area contributed by atoms with Gasteiger partial charge in [-0.3, -0.25) is 10.1 Å². The molecule has 0 unspecified atom stereocenters. The smallest absolute Gasteiger partial charge is 0.271 e. The second-order valence-corrected chi connectivity index (χ2v) is 4.28. The highest BCUT2D eigenvalue weighted by Gasteiger charge is 2.18. The molecule has 6 heteroatoms. The van der Waals surface area contributed by atoms with Crippen LogP contribution in [-0.4, -0.2) is 9.49 Å². The Balaban J connectivity index is 2.72. The lowest BCUT2D eigenvalue weighted by atomic mass is 10.1. The van der Waals surface area contributed by atoms with Crippen molar-refractivity contribution in [2.24, 2.45) is 0 Å². The number of aromatic nitrogens is 1. The van der Waals surface area contributed by atoms with E-state index in [0.717, 1.165) is 0 Å². The summed E-state index contributed by atoms with van der Waals surface area (Å²) in [5.41, 5.74) is 1.14. The SMILES string of the molecule is C=C/C=C\Nc1c(C#N)c2ccc([N+](=O)[O-])cc2n1CC. The van der Waals surface area contributed by atoms with Crippen molar-refractivity contribution in [3.8, 4) is 6.07 Å². The zero-order valence-corrected chi connectivity index (χ0v) is 11.5. The minimum atomic E-state index is -0.441. The van der Waals surface area contributed by atoms with E-state index in [-0.39, 0.29) is 5.69 Å². The second kappa shape index (κ2) is 5.92. The molecule has 0 aliphatic rings. The number of nitriles is 1. The monoisotopic (exact) mass is 282 g/mol. The standard InChI is InChI=1S/C15H14N4O2/c1-3-5-8-17-15-13(10-16)12-7-6-11(19(20)21)9-14(12)18(15)4-2/h3,5-9,17H,1,4H2,2H3/b8-5-. The summed E-state index contributed by atoms with van der Waals surface area (Å²) in [7, 11) is 0. The van der Waals surface area contributed by atoms with Gasteiger partial charge < -0.3 is 9.88 Å². The van der Waals surface area contributed by atoms with Crippen molar-refractivity contribution in [1.29, 1.82) is 5.26 Å². The lowest BCUT2D eigenvalue weighted by Crippen LogP contribution is -2.01. The summed E-state index contributed by atoms with van der Waals surface area (Å²) in [6, 6.07) is 6.67. The van der Waals surface area contributed by atoms with Gasteiger partial charge in [0.25, 0.3) is 5.69 Å². The fourth-order valence-electron chi connectivity index (χ4n) is 2.24. The molecule has 1 heterocycles. The van der Waals surface area contributed by atoms with Crippen molar-refractivity contribution >= 4 is 22.4 Å². The Morgan fingerprint density at radius 3 is 2.90 bits per heavy atom. The van der Waals surface area contributed by atoms with Crippen LogP contribution in [-0.2, 0) is 6.54 Å². The number of nitro groups is 1. The number of aryl methyl sites for hydroxylation is 1. The summed E-state index contributed by atoms with van der Waals surface area (Å²) in [5.74, 6) is 0.619. The molecule has 1 aromatic carbocycles. The van der Waals surface area contributed by atoms with Crippen LogP contribution >= 0.6 is 0 Å². The fraction of sp³-hybridized carbons (Fsp3) is 0.133. The third-order valence-electron chi connectivity index (χ3n) is 3.14. The van der Waals surface area contributed by atoms with Crippen molar-refractivity contribution in [2.75, 3.05) is 5.32 Å². The topological polar surface area (TPSA) is 83.9 Å². The van der Waals surface area contributed by atoms with Crippen LogP contribution in [0.5, 0.6) is 0 Å². The van der Waals surface area contributed by atoms with Gasteiger partial charge in [0, 0.05) is 30.3 Å². The van der Waals surface area contributed by atoms with E-state index in [0.29, 0.717) is 28.8 Å². The number of hydrogen-bond acceptors (Lipinski definition) is 4. The third-order valence-corrected chi connectivity index (χ3v) is 3.14. The van der Waals surface area contributed by atoms with Gasteiger partial charge in [-0.15, -0.1) is 0 Å². The first-order valence-corrected chi connectivity index (χ1v) is 6.38. The van der Waals surface area contributed by atoms with Crippen LogP contribution in [0.15, 0.2) is 43.1 Å². The number of allylic oxidation sites excluding steroid dienone is 2. The second-order valence-electron chi connectivity index (χ2n) is 4.28. The molecule has 1 N–H and O–H groups in total. The maximum atomic E-state index is 10.9. The van der Waals surface area contributed by atoms with Gasteiger partial charge in [-0.05, 0) is 19.1 Å². The molecule has 0 aliphatic heterocycles. The van der Waals surface area contributed by atoms with Crippen LogP contribution in [0.4, 0.5) is 11.5 Å². The zero-order valence-electron chi connectivity index (χ0n) is 11.5. The minimum Gasteiger partial charge on any atom is -0.347 e. The van der Waals surface area contributed by atoms with E-state index in [9.17, 15) is 15.4 Å². The Bertz CT molecular complexity index is 781. The van der Waals surface area contributed by atoms with Gasteiger partial charge in [0.15, 0.2) is 0 Å². The molecule has 0 atom stereocenters. The van der Waals surface area contributed by atoms with Crippen molar-refractivity contribution in [3.63, 3.8) is 0 Å². The zero-order chi connectivity index (χ0) is 15.4. The van der Waals surface area contributed by atoms with Crippen molar-refractivity contribution < 1.29 is 4.92 Å². The van der Waals surface area contributed by atoms with Gasteiger partial charge in [0.05, 0.1) is 10.4 Å². The Labute approximate surface area is 121 Å². The van der Waals surface area contributed by atoms with E-state index < -0.39 is 4.92 Å². The molecule has 106 valence electrons. The van der Waals surface area contributed by atoms with E-state index in [2.05, 4.69) is 18.0 Å². The molecule has 0 bridgehead atoms. The number of benzene rings is 1. The van der Waals surface area contributed by atoms with E-state index in [1.807, 2.05) is 11.5 Å². The fourth-order valence-corrected chi connectivity index (χ4v) is 2.24. The van der Waals surface area contributed by atoms with Gasteiger partial charge in [-0.2, -0.15) is 5.26 Å². The first-order chi connectivity index (χ1) is 10.1. The highest BCUT2D eigenvalue weighted by atomic mass is 16.6. The molecule has 0 radical (unpaired) electrons. The quantitative estimate of drug-likeness (QED) is 0.516. The number of rotatable bonds is 5. The predicted octanol–water partition coefficient (Wildman–Crippen LogP) is 3.55. The predicted molar refractivity (Wildman–Crippen MR) is 81.9 cm³/mol. The first-order valence-electron chi connectivity index (χ1n) is 6.38. The molecule has 0 saturated heterocycles. The Kier molecular flexibility index (Phi) is 4.05. The molecule has 6 nitrogen and oxygen atoms in total. The van der Waals surface area contributed by atoms with Crippen molar-refractivity contribution in [2.45, 2.75) is 13.5 Å². The highest BCUT2D eigenvalue weighted by molar-refractivity contribution is 5.94. The summed E-state index contributed by atoms with van der Waals surface area (Å²) >= 11 is 0. The molecule has 0 fully saturated rings. The minimum absolute atomic E-state index is 0.00683. The summed E-state index contributed by atoms with van der Waals surface area (Å²) in [5, 5.41) is 24.0. The summed E-state index contributed by atoms with van der Waals surface area (Å²) in [6.45, 7) is 6.08. The lowest BCUT2D eigenvalue weighted by molar-refractivity contribution is -0.384. The van der Waals surface area contributed by atoms with E-state index in [1.54, 1.807) is 24.4 Å². The normalized spacial score (nSPS) is 10.7. The van der Waals surface area contributed by atoms with Gasteiger partial charge in [0.1, 0.15) is 17.5 Å². The summed E-state index contributed by atoms with van der Waals surface area (Å²) < 4.78 is 1.84. The van der Waals surface area contributed by atoms with E-state index >= 15 is 0 Å². The molecule has 0 spiro atoms. The Hall–Kier alpha value is -3.07. The molecule has 0 saturated carbocycles. The number of nitro benzene ring substituents is 1. The van der Waals surface area contributed by atoms with Gasteiger partial charge in [-0.1, -0.05) is 12.7 Å². The number of hydrogen-bond donors (Lipinski definition) is 1. The number of anilines is 1. The van der Waals surface area contributed by atoms with Gasteiger partial charge in [0.2, 0.25) is 0 Å². The van der Waals surface area contributed by atoms with E-state index in [1.165, 1.54) is 12.1 Å². The Morgan fingerprint density at radius 2 is 2.33 bits per heavy atom. The largest absolute Gasteiger partial charge is 0.347 e. The lowest BCUT2D eigenvalue weighted by Gasteiger charge is -2.07. The van der Waals surface area contributed by atoms with Crippen LogP contribution in [0.2, 0.25) is 0 Å². The Morgan fingerprint density at radius 1 is 1.57 bits per heavy atom. The van der Waals surface area contributed by atoms with Crippen molar-refractivity contribution in [1.82, 2.24) is 4.57 Å². The summed E-state index contributed by atoms with van der Waals surface area (Å²) in [6.07, 6.45) is 4.99. The molecular weight excluding hydrogens is 268 g/mol. The summed E-state index contributed by atoms with van der Waals surface area (Å²) in [4.78, 5) is 10.5. The third kappa shape index (κ3) is 2.49. The van der Waals surface area contributed by atoms with Gasteiger partial charge in [-0.25, -0.2) is 0 Å². The molecule has 0 aliphatic carbocycles. The van der Waals surface area contributed by atoms with Crippen LogP contribution in [0, 0.1) is 21.4 Å².